The van der Waals surface area contributed by atoms with Crippen molar-refractivity contribution in [3.05, 3.63) is 173 Å². The lowest BCUT2D eigenvalue weighted by molar-refractivity contribution is -0.152. The van der Waals surface area contributed by atoms with Gasteiger partial charge < -0.3 is 120 Å². The van der Waals surface area contributed by atoms with Gasteiger partial charge in [-0.3, -0.25) is 76.7 Å². The number of aromatic hydroxyl groups is 1. The minimum absolute atomic E-state index is 0.0555. The van der Waals surface area contributed by atoms with Crippen LogP contribution < -0.4 is 65.5 Å². The molecule has 0 radical (unpaired) electrons. The van der Waals surface area contributed by atoms with E-state index >= 15 is 42.3 Å². The molecule has 15 amide bonds. The number of aromatic amines is 1. The summed E-state index contributed by atoms with van der Waals surface area (Å²) in [5.41, 5.74) is 25.3. The number of fused-ring (bicyclic) bond motifs is 1. The molecule has 1 aromatic heterocycles. The number of amides is 15. The molecule has 2 saturated heterocycles. The van der Waals surface area contributed by atoms with Crippen molar-refractivity contribution in [3.63, 3.8) is 0 Å². The van der Waals surface area contributed by atoms with Gasteiger partial charge in [0.15, 0.2) is 17.5 Å². The summed E-state index contributed by atoms with van der Waals surface area (Å²) in [6, 6.07) is 9.98. The number of aliphatic carboxylic acids is 1. The zero-order valence-corrected chi connectivity index (χ0v) is 77.1. The lowest BCUT2D eigenvalue weighted by atomic mass is 9.99. The lowest BCUT2D eigenvalue weighted by Gasteiger charge is -2.37. The number of aliphatic hydroxyl groups excluding tert-OH is 2. The maximum atomic E-state index is 15.5. The second kappa shape index (κ2) is 51.9. The number of β-amino-alcohol motifs (C(OH)–C–C–N with tert-alkyl or cyclic N) is 2. The van der Waals surface area contributed by atoms with Crippen molar-refractivity contribution in [1.29, 1.82) is 0 Å². The van der Waals surface area contributed by atoms with E-state index in [0.717, 1.165) is 31.5 Å². The molecule has 0 aliphatic carbocycles. The summed E-state index contributed by atoms with van der Waals surface area (Å²) in [6.07, 6.45) is -4.44. The van der Waals surface area contributed by atoms with Gasteiger partial charge in [-0.2, -0.15) is 0 Å². The van der Waals surface area contributed by atoms with E-state index in [4.69, 9.17) is 22.9 Å². The first-order chi connectivity index (χ1) is 64.6. The number of hydrogen-bond donors (Lipinski definition) is 17. The standard InChI is InChI=1S/C93H121F3N18O21S/c1-7-8-26-71(92(134)114-47-60(118)42-73(114)87(129)103-57(48-115)41-79(122)123)110(4)91(133)75(39-53-21-13-10-14-22-53)112(6)89(131)69(37-55-34-62(94)80(96)63(95)35-55)104-78(121)50-136-49-70(82(124)102-45-77(99)120)109-83(125)65(25-17-18-33-97)105-84(126)67(36-54-27-29-58(116)30-28-54)107-85(127)68(40-56-44-101-64-24-16-15-23-61(56)64)108-88(130)74-43-59(117)46-113(74)90(132)66(31-32-76(98)119)106-86(128)72(38-52-19-11-9-12-20-52)111(5)93(135)81(100)51(2)3/h9-16,19-24,27-30,34-35,44,48,51,57,59-60,65-75,81,101,116-118H,7-8,17-18,25-26,31-33,36-43,45-47,49-50,97,100H2,1-6H3,(H2,98,119)(H2,99,120)(H,102,124)(H,103,129)(H,104,121)(H,105,126)(H,106,128)(H,107,127)(H,108,130)(H,109,125)(H,122,123)/t57-,59+,60+,65-,66-,67-,68-,69-,70-,71-,72?,73+,74+,75-,81-/m0/s1. The van der Waals surface area contributed by atoms with Gasteiger partial charge in [0, 0.05) is 108 Å². The number of carboxylic acids is 1. The van der Waals surface area contributed by atoms with E-state index in [9.17, 15) is 72.8 Å². The molecule has 39 nitrogen and oxygen atoms in total. The molecule has 3 heterocycles. The lowest BCUT2D eigenvalue weighted by Crippen LogP contribution is -2.61. The Kier molecular flexibility index (Phi) is 41.2. The number of phenolic OH excluding ortho intramolecular Hbond substituents is 1. The molecule has 6 aromatic rings. The Morgan fingerprint density at radius 2 is 1.07 bits per heavy atom. The fraction of sp³-hybridized carbons (Fsp3) is 0.473. The molecule has 5 aromatic carbocycles. The molecule has 2 aliphatic rings. The maximum absolute atomic E-state index is 15.5. The number of hydrogen-bond acceptors (Lipinski definition) is 23. The maximum Gasteiger partial charge on any atom is 0.305 e. The van der Waals surface area contributed by atoms with E-state index in [2.05, 4.69) is 47.5 Å². The molecule has 136 heavy (non-hydrogen) atoms. The van der Waals surface area contributed by atoms with Crippen molar-refractivity contribution in [2.75, 3.05) is 58.8 Å². The molecular formula is C93H121F3N18O21S. The average molecular weight is 1920 g/mol. The van der Waals surface area contributed by atoms with Gasteiger partial charge in [0.1, 0.15) is 78.5 Å². The smallest absolute Gasteiger partial charge is 0.305 e. The number of halogens is 3. The van der Waals surface area contributed by atoms with Gasteiger partial charge in [0.2, 0.25) is 88.6 Å². The van der Waals surface area contributed by atoms with E-state index in [1.807, 2.05) is 0 Å². The number of nitrogens with one attached hydrogen (secondary N) is 9. The van der Waals surface area contributed by atoms with Crippen molar-refractivity contribution in [1.82, 2.24) is 72.0 Å². The van der Waals surface area contributed by atoms with Crippen molar-refractivity contribution >= 4 is 124 Å². The van der Waals surface area contributed by atoms with Gasteiger partial charge >= 0.3 is 5.97 Å². The Balaban J connectivity index is 1.06. The fourth-order valence-electron chi connectivity index (χ4n) is 16.0. The van der Waals surface area contributed by atoms with Crippen LogP contribution in [-0.4, -0.2) is 300 Å². The number of carbonyl (C=O) groups is 17. The number of unbranched alkanes of at least 4 members (excludes halogenated alkanes) is 2. The summed E-state index contributed by atoms with van der Waals surface area (Å²) in [4.78, 5) is 249. The van der Waals surface area contributed by atoms with E-state index < -0.39 is 272 Å². The van der Waals surface area contributed by atoms with Gasteiger partial charge in [-0.05, 0) is 103 Å². The number of thioether (sulfide) groups is 1. The number of nitrogens with two attached hydrogens (primary N) is 4. The minimum Gasteiger partial charge on any atom is -0.508 e. The van der Waals surface area contributed by atoms with Crippen LogP contribution >= 0.6 is 11.8 Å². The summed E-state index contributed by atoms with van der Waals surface area (Å²) in [6.45, 7) is 3.55. The van der Waals surface area contributed by atoms with Crippen LogP contribution in [0, 0.1) is 23.4 Å². The van der Waals surface area contributed by atoms with Gasteiger partial charge in [-0.1, -0.05) is 125 Å². The van der Waals surface area contributed by atoms with Gasteiger partial charge in [-0.15, -0.1) is 11.8 Å². The predicted molar refractivity (Wildman–Crippen MR) is 491 cm³/mol. The number of H-pyrrole nitrogens is 1. The van der Waals surface area contributed by atoms with Crippen LogP contribution in [0.25, 0.3) is 10.9 Å². The van der Waals surface area contributed by atoms with Crippen LogP contribution in [0.3, 0.4) is 0 Å². The number of carboxylic acid groups (broad SMARTS) is 1. The number of para-hydroxylation sites is 1. The Morgan fingerprint density at radius 1 is 0.544 bits per heavy atom. The number of aliphatic hydroxyl groups is 2. The normalized spacial score (nSPS) is 17.0. The first kappa shape index (κ1) is 108. The highest BCUT2D eigenvalue weighted by atomic mass is 32.2. The third-order valence-corrected chi connectivity index (χ3v) is 24.7. The Morgan fingerprint density at radius 3 is 1.64 bits per heavy atom. The van der Waals surface area contributed by atoms with Crippen LogP contribution in [0.4, 0.5) is 13.2 Å². The molecule has 1 unspecified atom stereocenters. The second-order valence-electron chi connectivity index (χ2n) is 34.3. The number of aldehydes is 1. The highest BCUT2D eigenvalue weighted by molar-refractivity contribution is 8.00. The Labute approximate surface area is 787 Å². The van der Waals surface area contributed by atoms with E-state index in [1.165, 1.54) is 38.4 Å². The third-order valence-electron chi connectivity index (χ3n) is 23.6. The molecule has 0 saturated carbocycles. The second-order valence-corrected chi connectivity index (χ2v) is 35.3. The van der Waals surface area contributed by atoms with Gasteiger partial charge in [-0.25, -0.2) is 13.2 Å². The zero-order valence-electron chi connectivity index (χ0n) is 76.3. The van der Waals surface area contributed by atoms with Crippen LogP contribution in [0.2, 0.25) is 0 Å². The van der Waals surface area contributed by atoms with E-state index in [0.29, 0.717) is 69.9 Å². The number of benzene rings is 5. The SMILES string of the molecule is CCCC[C@@H](C(=O)N1C[C@H](O)C[C@@H]1C(=O)N[C@H](C=O)CC(=O)O)N(C)C(=O)[C@H](Cc1ccccc1)N(C)C(=O)[C@H](Cc1cc(F)c(F)c(F)c1)NC(=O)CSC[C@H](NC(=O)[C@H](CCCCN)NC(=O)[C@H](Cc1ccc(O)cc1)NC(=O)[C@H](Cc1c[nH]c2ccccc12)NC(=O)[C@H]1C[C@@H](O)CN1C(=O)[C@H](CCC(N)=O)NC(=O)C(Cc1ccccc1)N(C)C(=O)[C@@H](N)C(C)C)C(=O)NCC(N)=O. The quantitative estimate of drug-likeness (QED) is 0.0126. The molecule has 736 valence electrons. The number of nitrogens with zero attached hydrogens (tertiary/aromatic N) is 5. The summed E-state index contributed by atoms with van der Waals surface area (Å²) in [5.74, 6) is -23.0. The number of likely N-dealkylation sites (tertiary alicyclic amines) is 2. The average Bonchev–Trinajstić information content (AvgIpc) is 1.66. The number of phenols is 1. The number of likely N-dealkylation sites (N-methyl/N-ethyl adjacent to an activating group) is 3. The fourth-order valence-corrected chi connectivity index (χ4v) is 16.9. The first-order valence-electron chi connectivity index (χ1n) is 44.6. The van der Waals surface area contributed by atoms with Crippen molar-refractivity contribution < 1.29 is 115 Å². The molecule has 2 aliphatic heterocycles. The summed E-state index contributed by atoms with van der Waals surface area (Å²) >= 11 is 0.633. The Hall–Kier alpha value is -13.4. The van der Waals surface area contributed by atoms with Crippen LogP contribution in [0.15, 0.2) is 128 Å². The number of carbonyl (C=O) groups excluding carboxylic acids is 16. The third kappa shape index (κ3) is 31.1. The molecule has 43 heteroatoms. The van der Waals surface area contributed by atoms with Gasteiger partial charge in [0.05, 0.1) is 43.0 Å². The predicted octanol–water partition coefficient (Wildman–Crippen LogP) is -0.821. The van der Waals surface area contributed by atoms with Crippen molar-refractivity contribution in [2.24, 2.45) is 28.9 Å². The largest absolute Gasteiger partial charge is 0.508 e. The Bertz CT molecular complexity index is 5200. The molecule has 8 rings (SSSR count). The van der Waals surface area contributed by atoms with E-state index in [1.54, 1.807) is 112 Å². The van der Waals surface area contributed by atoms with Crippen molar-refractivity contribution in [2.45, 2.75) is 214 Å². The number of primary amides is 2. The monoisotopic (exact) mass is 1910 g/mol. The summed E-state index contributed by atoms with van der Waals surface area (Å²) in [7, 11) is 3.80. The first-order valence-corrected chi connectivity index (χ1v) is 45.7. The van der Waals surface area contributed by atoms with Crippen LogP contribution in [0.5, 0.6) is 5.75 Å². The van der Waals surface area contributed by atoms with Crippen molar-refractivity contribution in [3.8, 4) is 5.75 Å². The molecular weight excluding hydrogens is 1790 g/mol. The highest BCUT2D eigenvalue weighted by Gasteiger charge is 2.48. The number of rotatable bonds is 52. The molecule has 2 fully saturated rings. The highest BCUT2D eigenvalue weighted by Crippen LogP contribution is 2.29. The molecule has 0 bridgehead atoms. The number of aromatic nitrogens is 1. The van der Waals surface area contributed by atoms with Crippen LogP contribution in [-0.2, 0) is 114 Å². The van der Waals surface area contributed by atoms with Crippen LogP contribution in [0.1, 0.15) is 119 Å². The minimum atomic E-state index is -1.90. The molecule has 15 atom stereocenters. The molecule has 0 spiro atoms. The zero-order chi connectivity index (χ0) is 99.9. The van der Waals surface area contributed by atoms with Gasteiger partial charge in [0.25, 0.3) is 0 Å². The summed E-state index contributed by atoms with van der Waals surface area (Å²) in [5, 5.41) is 63.0. The summed E-state index contributed by atoms with van der Waals surface area (Å²) < 4.78 is 44.9. The topological polar surface area (TPSA) is 603 Å². The van der Waals surface area contributed by atoms with E-state index in [-0.39, 0.29) is 81.4 Å². The molecule has 21 N–H and O–H groups in total.